The SMILES string of the molecule is CSN1N=Cc2ccc(OCC(=O)O)c(F)c2B1O. The fraction of sp³-hybridized carbons (Fsp3) is 0.200. The van der Waals surface area contributed by atoms with E-state index in [9.17, 15) is 14.2 Å². The zero-order chi connectivity index (χ0) is 14.0. The van der Waals surface area contributed by atoms with Crippen molar-refractivity contribution in [1.82, 2.24) is 4.33 Å². The van der Waals surface area contributed by atoms with E-state index in [1.165, 1.54) is 22.7 Å². The summed E-state index contributed by atoms with van der Waals surface area (Å²) in [7, 11) is -1.25. The van der Waals surface area contributed by atoms with Crippen molar-refractivity contribution in [2.75, 3.05) is 12.9 Å². The first-order valence-corrected chi connectivity index (χ1v) is 6.45. The Morgan fingerprint density at radius 3 is 3.00 bits per heavy atom. The topological polar surface area (TPSA) is 82.4 Å². The summed E-state index contributed by atoms with van der Waals surface area (Å²) in [6, 6.07) is 2.82. The third kappa shape index (κ3) is 2.66. The molecular formula is C10H10BFN2O4S. The molecule has 2 rings (SSSR count). The number of aliphatic carboxylic acids is 1. The van der Waals surface area contributed by atoms with Crippen molar-refractivity contribution < 1.29 is 24.1 Å². The van der Waals surface area contributed by atoms with Gasteiger partial charge in [-0.1, -0.05) is 0 Å². The molecule has 0 fully saturated rings. The first-order chi connectivity index (χ1) is 9.04. The van der Waals surface area contributed by atoms with Gasteiger partial charge < -0.3 is 14.9 Å². The van der Waals surface area contributed by atoms with Crippen molar-refractivity contribution in [3.05, 3.63) is 23.5 Å². The van der Waals surface area contributed by atoms with Gasteiger partial charge in [-0.3, -0.25) is 0 Å². The lowest BCUT2D eigenvalue weighted by Gasteiger charge is -2.24. The van der Waals surface area contributed by atoms with Crippen LogP contribution in [0.2, 0.25) is 0 Å². The van der Waals surface area contributed by atoms with Crippen molar-refractivity contribution in [2.45, 2.75) is 0 Å². The highest BCUT2D eigenvalue weighted by molar-refractivity contribution is 7.97. The van der Waals surface area contributed by atoms with E-state index in [-0.39, 0.29) is 11.2 Å². The van der Waals surface area contributed by atoms with Gasteiger partial charge in [-0.05, 0) is 29.6 Å². The zero-order valence-electron chi connectivity index (χ0n) is 9.91. The van der Waals surface area contributed by atoms with Crippen LogP contribution in [0.1, 0.15) is 5.56 Å². The fourth-order valence-electron chi connectivity index (χ4n) is 1.65. The Kier molecular flexibility index (Phi) is 3.96. The van der Waals surface area contributed by atoms with Gasteiger partial charge in [0, 0.05) is 11.7 Å². The van der Waals surface area contributed by atoms with E-state index in [4.69, 9.17) is 9.84 Å². The largest absolute Gasteiger partial charge is 0.481 e. The van der Waals surface area contributed by atoms with Crippen LogP contribution in [-0.2, 0) is 4.79 Å². The molecule has 0 bridgehead atoms. The number of ether oxygens (including phenoxy) is 1. The molecule has 0 atom stereocenters. The second-order valence-electron chi connectivity index (χ2n) is 3.67. The molecule has 1 aliphatic heterocycles. The molecule has 1 heterocycles. The summed E-state index contributed by atoms with van der Waals surface area (Å²) in [5, 5.41) is 22.4. The van der Waals surface area contributed by atoms with Gasteiger partial charge in [-0.15, -0.1) is 0 Å². The molecule has 6 nitrogen and oxygen atoms in total. The Labute approximate surface area is 113 Å². The second-order valence-corrected chi connectivity index (χ2v) is 4.41. The number of carboxylic acid groups (broad SMARTS) is 1. The molecule has 100 valence electrons. The minimum Gasteiger partial charge on any atom is -0.479 e. The third-order valence-electron chi connectivity index (χ3n) is 2.49. The summed E-state index contributed by atoms with van der Waals surface area (Å²) in [5.41, 5.74) is 0.449. The van der Waals surface area contributed by atoms with Crippen LogP contribution < -0.4 is 10.2 Å². The van der Waals surface area contributed by atoms with Crippen molar-refractivity contribution in [2.24, 2.45) is 5.10 Å². The van der Waals surface area contributed by atoms with Crippen LogP contribution in [0.15, 0.2) is 17.2 Å². The third-order valence-corrected chi connectivity index (χ3v) is 3.16. The van der Waals surface area contributed by atoms with Crippen molar-refractivity contribution in [1.29, 1.82) is 0 Å². The van der Waals surface area contributed by atoms with E-state index >= 15 is 0 Å². The summed E-state index contributed by atoms with van der Waals surface area (Å²) >= 11 is 1.13. The molecule has 0 saturated heterocycles. The van der Waals surface area contributed by atoms with Gasteiger partial charge in [-0.2, -0.15) is 5.10 Å². The molecule has 0 aromatic heterocycles. The number of carbonyl (C=O) groups is 1. The number of hydrogen-bond donors (Lipinski definition) is 2. The molecule has 9 heteroatoms. The average molecular weight is 284 g/mol. The van der Waals surface area contributed by atoms with Crippen molar-refractivity contribution >= 4 is 36.6 Å². The smallest absolute Gasteiger partial charge is 0.479 e. The minimum absolute atomic E-state index is 0.0206. The number of benzene rings is 1. The molecule has 0 amide bonds. The first kappa shape index (κ1) is 13.7. The zero-order valence-corrected chi connectivity index (χ0v) is 10.7. The summed E-state index contributed by atoms with van der Waals surface area (Å²) in [6.07, 6.45) is 3.11. The van der Waals surface area contributed by atoms with Gasteiger partial charge in [0.25, 0.3) is 0 Å². The highest BCUT2D eigenvalue weighted by atomic mass is 32.2. The van der Waals surface area contributed by atoms with Crippen LogP contribution in [0.4, 0.5) is 4.39 Å². The summed E-state index contributed by atoms with van der Waals surface area (Å²) in [5.74, 6) is -2.20. The van der Waals surface area contributed by atoms with E-state index in [1.807, 2.05) is 0 Å². The predicted molar refractivity (Wildman–Crippen MR) is 70.1 cm³/mol. The number of fused-ring (bicyclic) bond motifs is 1. The molecule has 1 aromatic carbocycles. The first-order valence-electron chi connectivity index (χ1n) is 5.27. The van der Waals surface area contributed by atoms with Crippen LogP contribution in [0.3, 0.4) is 0 Å². The molecule has 0 aliphatic carbocycles. The Morgan fingerprint density at radius 1 is 1.63 bits per heavy atom. The van der Waals surface area contributed by atoms with Gasteiger partial charge >= 0.3 is 13.0 Å². The Bertz CT molecular complexity index is 543. The van der Waals surface area contributed by atoms with Crippen LogP contribution >= 0.6 is 11.9 Å². The minimum atomic E-state index is -1.25. The lowest BCUT2D eigenvalue weighted by Crippen LogP contribution is -2.48. The van der Waals surface area contributed by atoms with E-state index in [1.54, 1.807) is 6.26 Å². The average Bonchev–Trinajstić information content (AvgIpc) is 2.38. The Morgan fingerprint density at radius 2 is 2.37 bits per heavy atom. The standard InChI is InChI=1S/C10H10BFN2O4S/c1-19-14-11(17)9-6(4-13-14)2-3-7(10(9)12)18-5-8(15)16/h2-4,17H,5H2,1H3,(H,15,16). The molecule has 0 spiro atoms. The van der Waals surface area contributed by atoms with Gasteiger partial charge in [0.05, 0.1) is 6.21 Å². The van der Waals surface area contributed by atoms with E-state index in [0.29, 0.717) is 5.56 Å². The quantitative estimate of drug-likeness (QED) is 0.593. The fourth-order valence-corrected chi connectivity index (χ4v) is 2.10. The lowest BCUT2D eigenvalue weighted by molar-refractivity contribution is -0.139. The molecule has 1 aromatic rings. The van der Waals surface area contributed by atoms with Crippen LogP contribution in [-0.4, -0.2) is 46.6 Å². The molecule has 1 aliphatic rings. The maximum absolute atomic E-state index is 14.2. The predicted octanol–water partition coefficient (Wildman–Crippen LogP) is -0.0959. The van der Waals surface area contributed by atoms with Crippen LogP contribution in [0.5, 0.6) is 5.75 Å². The number of hydrogen-bond acceptors (Lipinski definition) is 6. The normalized spacial score (nSPS) is 13.4. The number of carboxylic acids is 1. The molecule has 2 N–H and O–H groups in total. The van der Waals surface area contributed by atoms with Crippen molar-refractivity contribution in [3.63, 3.8) is 0 Å². The van der Waals surface area contributed by atoms with Crippen LogP contribution in [0, 0.1) is 5.82 Å². The van der Waals surface area contributed by atoms with Crippen molar-refractivity contribution in [3.8, 4) is 5.75 Å². The van der Waals surface area contributed by atoms with E-state index in [0.717, 1.165) is 11.9 Å². The Hall–Kier alpha value is -1.74. The summed E-state index contributed by atoms with van der Waals surface area (Å²) in [4.78, 5) is 10.4. The van der Waals surface area contributed by atoms with Gasteiger partial charge in [0.2, 0.25) is 0 Å². The molecule has 0 saturated carbocycles. The maximum atomic E-state index is 14.2. The molecular weight excluding hydrogens is 274 g/mol. The number of rotatable bonds is 4. The number of nitrogens with zero attached hydrogens (tertiary/aromatic N) is 2. The molecule has 19 heavy (non-hydrogen) atoms. The number of halogens is 1. The van der Waals surface area contributed by atoms with Gasteiger partial charge in [0.1, 0.15) is 0 Å². The summed E-state index contributed by atoms with van der Waals surface area (Å²) < 4.78 is 20.2. The van der Waals surface area contributed by atoms with Gasteiger partial charge in [-0.25, -0.2) is 13.5 Å². The monoisotopic (exact) mass is 284 g/mol. The Balaban J connectivity index is 2.36. The highest BCUT2D eigenvalue weighted by Crippen LogP contribution is 2.21. The van der Waals surface area contributed by atoms with E-state index < -0.39 is 25.4 Å². The van der Waals surface area contributed by atoms with E-state index in [2.05, 4.69) is 5.10 Å². The highest BCUT2D eigenvalue weighted by Gasteiger charge is 2.33. The maximum Gasteiger partial charge on any atom is 0.481 e. The van der Waals surface area contributed by atoms with Gasteiger partial charge in [0.15, 0.2) is 18.2 Å². The molecule has 0 radical (unpaired) electrons. The second kappa shape index (κ2) is 5.49. The number of hydrazone groups is 1. The van der Waals surface area contributed by atoms with Crippen LogP contribution in [0.25, 0.3) is 0 Å². The summed E-state index contributed by atoms with van der Waals surface area (Å²) in [6.45, 7) is -0.647. The molecule has 0 unspecified atom stereocenters. The lowest BCUT2D eigenvalue weighted by atomic mass is 9.71.